The third kappa shape index (κ3) is 3.95. The zero-order valence-electron chi connectivity index (χ0n) is 11.9. The lowest BCUT2D eigenvalue weighted by Gasteiger charge is -2.42. The zero-order valence-corrected chi connectivity index (χ0v) is 11.9. The second kappa shape index (κ2) is 7.74. The van der Waals surface area contributed by atoms with Gasteiger partial charge in [0.05, 0.1) is 13.2 Å². The maximum atomic E-state index is 12.0. The standard InChI is InChI=1S/C14H27NO3/c1-4-5-9-18-14(17)12(3)15-11(2)7-6-8-13(15)10-16/h11-13,16H,4-10H2,1-3H3. The summed E-state index contributed by atoms with van der Waals surface area (Å²) in [5.41, 5.74) is 0. The van der Waals surface area contributed by atoms with Crippen LogP contribution in [-0.4, -0.2) is 47.3 Å². The molecular formula is C14H27NO3. The molecule has 0 radical (unpaired) electrons. The number of unbranched alkanes of at least 4 members (excludes halogenated alkanes) is 1. The van der Waals surface area contributed by atoms with Crippen molar-refractivity contribution in [3.8, 4) is 0 Å². The predicted octanol–water partition coefficient (Wildman–Crippen LogP) is 1.95. The summed E-state index contributed by atoms with van der Waals surface area (Å²) in [6.45, 7) is 6.71. The minimum atomic E-state index is -0.255. The number of nitrogens with zero attached hydrogens (tertiary/aromatic N) is 1. The molecule has 0 saturated carbocycles. The number of esters is 1. The van der Waals surface area contributed by atoms with Gasteiger partial charge in [-0.2, -0.15) is 0 Å². The first kappa shape index (κ1) is 15.4. The molecule has 1 fully saturated rings. The monoisotopic (exact) mass is 257 g/mol. The van der Waals surface area contributed by atoms with Crippen molar-refractivity contribution < 1.29 is 14.6 Å². The number of likely N-dealkylation sites (tertiary alicyclic amines) is 1. The van der Waals surface area contributed by atoms with Crippen molar-refractivity contribution in [2.24, 2.45) is 0 Å². The number of ether oxygens (including phenoxy) is 1. The van der Waals surface area contributed by atoms with E-state index < -0.39 is 0 Å². The molecule has 1 aliphatic rings. The number of hydrogen-bond acceptors (Lipinski definition) is 4. The molecule has 3 unspecified atom stereocenters. The summed E-state index contributed by atoms with van der Waals surface area (Å²) in [4.78, 5) is 14.1. The summed E-state index contributed by atoms with van der Waals surface area (Å²) >= 11 is 0. The van der Waals surface area contributed by atoms with Crippen LogP contribution in [0.15, 0.2) is 0 Å². The summed E-state index contributed by atoms with van der Waals surface area (Å²) in [5, 5.41) is 9.43. The van der Waals surface area contributed by atoms with Crippen molar-refractivity contribution in [3.05, 3.63) is 0 Å². The Bertz CT molecular complexity index is 257. The Morgan fingerprint density at radius 3 is 2.83 bits per heavy atom. The normalized spacial score (nSPS) is 26.9. The van der Waals surface area contributed by atoms with Gasteiger partial charge in [0.1, 0.15) is 6.04 Å². The molecule has 4 heteroatoms. The molecule has 0 aromatic carbocycles. The van der Waals surface area contributed by atoms with Gasteiger partial charge in [-0.25, -0.2) is 0 Å². The first-order valence-corrected chi connectivity index (χ1v) is 7.16. The summed E-state index contributed by atoms with van der Waals surface area (Å²) in [6.07, 6.45) is 5.12. The zero-order chi connectivity index (χ0) is 13.5. The smallest absolute Gasteiger partial charge is 0.323 e. The van der Waals surface area contributed by atoms with E-state index >= 15 is 0 Å². The SMILES string of the molecule is CCCCOC(=O)C(C)N1C(C)CCCC1CO. The Hall–Kier alpha value is -0.610. The molecule has 1 heterocycles. The largest absolute Gasteiger partial charge is 0.465 e. The van der Waals surface area contributed by atoms with Crippen LogP contribution < -0.4 is 0 Å². The third-order valence-corrected chi connectivity index (χ3v) is 3.83. The highest BCUT2D eigenvalue weighted by Crippen LogP contribution is 2.25. The van der Waals surface area contributed by atoms with Gasteiger partial charge in [-0.15, -0.1) is 0 Å². The Morgan fingerprint density at radius 2 is 2.22 bits per heavy atom. The molecule has 4 nitrogen and oxygen atoms in total. The Morgan fingerprint density at radius 1 is 1.50 bits per heavy atom. The van der Waals surface area contributed by atoms with Gasteiger partial charge in [0.15, 0.2) is 0 Å². The Labute approximate surface area is 110 Å². The average molecular weight is 257 g/mol. The first-order chi connectivity index (χ1) is 8.61. The van der Waals surface area contributed by atoms with E-state index in [-0.39, 0.29) is 24.7 Å². The summed E-state index contributed by atoms with van der Waals surface area (Å²) in [7, 11) is 0. The number of aliphatic hydroxyl groups is 1. The molecule has 106 valence electrons. The van der Waals surface area contributed by atoms with Crippen LogP contribution in [0.1, 0.15) is 52.9 Å². The molecule has 0 aromatic rings. The fraction of sp³-hybridized carbons (Fsp3) is 0.929. The topological polar surface area (TPSA) is 49.8 Å². The predicted molar refractivity (Wildman–Crippen MR) is 71.4 cm³/mol. The van der Waals surface area contributed by atoms with Crippen LogP contribution in [0.25, 0.3) is 0 Å². The highest BCUT2D eigenvalue weighted by molar-refractivity contribution is 5.75. The number of hydrogen-bond donors (Lipinski definition) is 1. The van der Waals surface area contributed by atoms with Gasteiger partial charge in [0.25, 0.3) is 0 Å². The van der Waals surface area contributed by atoms with Crippen LogP contribution >= 0.6 is 0 Å². The third-order valence-electron chi connectivity index (χ3n) is 3.83. The van der Waals surface area contributed by atoms with Crippen LogP contribution in [0, 0.1) is 0 Å². The quantitative estimate of drug-likeness (QED) is 0.584. The highest BCUT2D eigenvalue weighted by Gasteiger charge is 2.34. The molecule has 0 aromatic heterocycles. The van der Waals surface area contributed by atoms with Crippen molar-refractivity contribution in [1.29, 1.82) is 0 Å². The molecule has 1 saturated heterocycles. The van der Waals surface area contributed by atoms with E-state index in [1.54, 1.807) is 0 Å². The summed E-state index contributed by atoms with van der Waals surface area (Å²) in [5.74, 6) is -0.157. The maximum Gasteiger partial charge on any atom is 0.323 e. The minimum absolute atomic E-state index is 0.0995. The minimum Gasteiger partial charge on any atom is -0.465 e. The van der Waals surface area contributed by atoms with Crippen LogP contribution in [0.4, 0.5) is 0 Å². The number of aliphatic hydroxyl groups excluding tert-OH is 1. The molecule has 0 bridgehead atoms. The number of piperidine rings is 1. The van der Waals surface area contributed by atoms with E-state index in [0.29, 0.717) is 12.6 Å². The van der Waals surface area contributed by atoms with Crippen molar-refractivity contribution in [3.63, 3.8) is 0 Å². The molecule has 1 N–H and O–H groups in total. The second-order valence-corrected chi connectivity index (χ2v) is 5.26. The fourth-order valence-corrected chi connectivity index (χ4v) is 2.75. The van der Waals surface area contributed by atoms with Crippen LogP contribution in [0.2, 0.25) is 0 Å². The van der Waals surface area contributed by atoms with Gasteiger partial charge in [0.2, 0.25) is 0 Å². The van der Waals surface area contributed by atoms with E-state index in [1.807, 2.05) is 6.92 Å². The van der Waals surface area contributed by atoms with Crippen molar-refractivity contribution in [2.75, 3.05) is 13.2 Å². The van der Waals surface area contributed by atoms with Crippen LogP contribution in [0.3, 0.4) is 0 Å². The lowest BCUT2D eigenvalue weighted by atomic mass is 9.95. The molecule has 1 rings (SSSR count). The lowest BCUT2D eigenvalue weighted by Crippen LogP contribution is -2.54. The summed E-state index contributed by atoms with van der Waals surface area (Å²) < 4.78 is 5.28. The Balaban J connectivity index is 2.55. The molecule has 3 atom stereocenters. The van der Waals surface area contributed by atoms with E-state index in [9.17, 15) is 9.90 Å². The van der Waals surface area contributed by atoms with Crippen molar-refractivity contribution in [2.45, 2.75) is 71.0 Å². The molecule has 0 aliphatic carbocycles. The maximum absolute atomic E-state index is 12.0. The number of carbonyl (C=O) groups is 1. The Kier molecular flexibility index (Phi) is 6.65. The molecule has 0 amide bonds. The average Bonchev–Trinajstić information content (AvgIpc) is 2.37. The van der Waals surface area contributed by atoms with Crippen molar-refractivity contribution >= 4 is 5.97 Å². The van der Waals surface area contributed by atoms with Gasteiger partial charge in [-0.05, 0) is 33.1 Å². The highest BCUT2D eigenvalue weighted by atomic mass is 16.5. The fourth-order valence-electron chi connectivity index (χ4n) is 2.75. The van der Waals surface area contributed by atoms with E-state index in [0.717, 1.165) is 32.1 Å². The number of rotatable bonds is 6. The van der Waals surface area contributed by atoms with E-state index in [2.05, 4.69) is 18.7 Å². The summed E-state index contributed by atoms with van der Waals surface area (Å²) in [6, 6.07) is 0.182. The first-order valence-electron chi connectivity index (χ1n) is 7.16. The molecule has 18 heavy (non-hydrogen) atoms. The van der Waals surface area contributed by atoms with Crippen LogP contribution in [0.5, 0.6) is 0 Å². The molecule has 1 aliphatic heterocycles. The number of carbonyl (C=O) groups excluding carboxylic acids is 1. The lowest BCUT2D eigenvalue weighted by molar-refractivity contribution is -0.153. The van der Waals surface area contributed by atoms with Gasteiger partial charge in [-0.1, -0.05) is 19.8 Å². The van der Waals surface area contributed by atoms with E-state index in [1.165, 1.54) is 0 Å². The second-order valence-electron chi connectivity index (χ2n) is 5.26. The van der Waals surface area contributed by atoms with Gasteiger partial charge < -0.3 is 9.84 Å². The van der Waals surface area contributed by atoms with Gasteiger partial charge in [0, 0.05) is 12.1 Å². The molecule has 0 spiro atoms. The van der Waals surface area contributed by atoms with Crippen molar-refractivity contribution in [1.82, 2.24) is 4.90 Å². The van der Waals surface area contributed by atoms with Crippen LogP contribution in [-0.2, 0) is 9.53 Å². The van der Waals surface area contributed by atoms with Gasteiger partial charge >= 0.3 is 5.97 Å². The molecular weight excluding hydrogens is 230 g/mol. The van der Waals surface area contributed by atoms with Gasteiger partial charge in [-0.3, -0.25) is 9.69 Å². The van der Waals surface area contributed by atoms with E-state index in [4.69, 9.17) is 4.74 Å².